The summed E-state index contributed by atoms with van der Waals surface area (Å²) in [6.07, 6.45) is 1.39. The van der Waals surface area contributed by atoms with Crippen LogP contribution >= 0.6 is 0 Å². The molecule has 1 aromatic carbocycles. The highest BCUT2D eigenvalue weighted by Gasteiger charge is 2.31. The normalized spacial score (nSPS) is 13.9. The molecule has 0 saturated heterocycles. The first kappa shape index (κ1) is 16.6. The summed E-state index contributed by atoms with van der Waals surface area (Å²) in [5.41, 5.74) is 5.65. The van der Waals surface area contributed by atoms with Gasteiger partial charge in [-0.15, -0.1) is 0 Å². The maximum absolute atomic E-state index is 13.2. The molecular weight excluding hydrogens is 262 g/mol. The average Bonchev–Trinajstić information content (AvgIpc) is 2.39. The van der Waals surface area contributed by atoms with E-state index in [1.54, 1.807) is 11.8 Å². The monoisotopic (exact) mass is 284 g/mol. The van der Waals surface area contributed by atoms with Crippen LogP contribution in [0.5, 0.6) is 0 Å². The zero-order chi connectivity index (χ0) is 15.3. The number of nitrogens with zero attached hydrogens (tertiary/aromatic N) is 1. The summed E-state index contributed by atoms with van der Waals surface area (Å²) in [5, 5.41) is 0. The van der Waals surface area contributed by atoms with Gasteiger partial charge in [-0.3, -0.25) is 4.79 Å². The van der Waals surface area contributed by atoms with Crippen molar-refractivity contribution in [1.82, 2.24) is 4.90 Å². The van der Waals surface area contributed by atoms with Gasteiger partial charge in [-0.05, 0) is 38.0 Å². The van der Waals surface area contributed by atoms with E-state index in [0.29, 0.717) is 18.5 Å². The molecule has 0 heterocycles. The molecular formula is C15H22F2N2O. The van der Waals surface area contributed by atoms with Crippen LogP contribution in [0.1, 0.15) is 39.2 Å². The number of halogens is 2. The van der Waals surface area contributed by atoms with Gasteiger partial charge < -0.3 is 10.6 Å². The fourth-order valence-electron chi connectivity index (χ4n) is 2.17. The summed E-state index contributed by atoms with van der Waals surface area (Å²) in [6, 6.07) is 3.65. The summed E-state index contributed by atoms with van der Waals surface area (Å²) in [7, 11) is 0. The summed E-state index contributed by atoms with van der Waals surface area (Å²) in [4.78, 5) is 13.9. The Bertz CT molecular complexity index is 475. The third-order valence-corrected chi connectivity index (χ3v) is 3.28. The van der Waals surface area contributed by atoms with Gasteiger partial charge in [0.1, 0.15) is 0 Å². The molecule has 0 aliphatic heterocycles. The van der Waals surface area contributed by atoms with Crippen LogP contribution in [0.2, 0.25) is 0 Å². The summed E-state index contributed by atoms with van der Waals surface area (Å²) in [5.74, 6) is -1.97. The van der Waals surface area contributed by atoms with Crippen LogP contribution < -0.4 is 5.73 Å². The van der Waals surface area contributed by atoms with Gasteiger partial charge in [-0.1, -0.05) is 19.4 Å². The van der Waals surface area contributed by atoms with Gasteiger partial charge in [0.25, 0.3) is 0 Å². The van der Waals surface area contributed by atoms with Gasteiger partial charge in [0.05, 0.1) is 5.54 Å². The highest BCUT2D eigenvalue weighted by Crippen LogP contribution is 2.16. The SMILES string of the molecule is CCCC(C)(N)C(=O)N(CC)Cc1ccc(F)c(F)c1. The van der Waals surface area contributed by atoms with Crippen molar-refractivity contribution >= 4 is 5.91 Å². The van der Waals surface area contributed by atoms with Crippen molar-refractivity contribution in [2.75, 3.05) is 6.54 Å². The average molecular weight is 284 g/mol. The first-order valence-corrected chi connectivity index (χ1v) is 6.84. The number of hydrogen-bond acceptors (Lipinski definition) is 2. The second kappa shape index (κ2) is 6.79. The highest BCUT2D eigenvalue weighted by atomic mass is 19.2. The molecule has 1 unspecified atom stereocenters. The molecule has 1 aromatic rings. The van der Waals surface area contributed by atoms with E-state index in [1.807, 2.05) is 13.8 Å². The zero-order valence-electron chi connectivity index (χ0n) is 12.2. The van der Waals surface area contributed by atoms with Crippen LogP contribution in [0.15, 0.2) is 18.2 Å². The smallest absolute Gasteiger partial charge is 0.242 e. The molecule has 0 radical (unpaired) electrons. The van der Waals surface area contributed by atoms with Gasteiger partial charge in [0.15, 0.2) is 11.6 Å². The van der Waals surface area contributed by atoms with Crippen molar-refractivity contribution < 1.29 is 13.6 Å². The standard InChI is InChI=1S/C15H22F2N2O/c1-4-8-15(3,18)14(20)19(5-2)10-11-6-7-12(16)13(17)9-11/h6-7,9H,4-5,8,10,18H2,1-3H3. The minimum Gasteiger partial charge on any atom is -0.337 e. The van der Waals surface area contributed by atoms with Crippen LogP contribution in [0.4, 0.5) is 8.78 Å². The topological polar surface area (TPSA) is 46.3 Å². The second-order valence-corrected chi connectivity index (χ2v) is 5.24. The van der Waals surface area contributed by atoms with E-state index in [4.69, 9.17) is 5.73 Å². The predicted molar refractivity (Wildman–Crippen MR) is 74.9 cm³/mol. The van der Waals surface area contributed by atoms with Crippen molar-refractivity contribution in [3.63, 3.8) is 0 Å². The van der Waals surface area contributed by atoms with Gasteiger partial charge >= 0.3 is 0 Å². The van der Waals surface area contributed by atoms with Gasteiger partial charge in [-0.25, -0.2) is 8.78 Å². The second-order valence-electron chi connectivity index (χ2n) is 5.24. The summed E-state index contributed by atoms with van der Waals surface area (Å²) in [6.45, 7) is 6.19. The molecule has 1 rings (SSSR count). The Balaban J connectivity index is 2.86. The van der Waals surface area contributed by atoms with Crippen LogP contribution in [0, 0.1) is 11.6 Å². The molecule has 2 N–H and O–H groups in total. The molecule has 20 heavy (non-hydrogen) atoms. The number of rotatable bonds is 6. The number of amides is 1. The molecule has 0 aromatic heterocycles. The molecule has 0 spiro atoms. The Hall–Kier alpha value is -1.49. The van der Waals surface area contributed by atoms with E-state index in [2.05, 4.69) is 0 Å². The third-order valence-electron chi connectivity index (χ3n) is 3.28. The number of likely N-dealkylation sites (N-methyl/N-ethyl adjacent to an activating group) is 1. The van der Waals surface area contributed by atoms with Crippen molar-refractivity contribution in [2.24, 2.45) is 5.73 Å². The lowest BCUT2D eigenvalue weighted by Gasteiger charge is -2.31. The molecule has 1 amide bonds. The Morgan fingerprint density at radius 2 is 1.95 bits per heavy atom. The highest BCUT2D eigenvalue weighted by molar-refractivity contribution is 5.85. The predicted octanol–water partition coefficient (Wildman–Crippen LogP) is 2.83. The summed E-state index contributed by atoms with van der Waals surface area (Å²) < 4.78 is 26.1. The molecule has 0 fully saturated rings. The fraction of sp³-hybridized carbons (Fsp3) is 0.533. The van der Waals surface area contributed by atoms with Gasteiger partial charge in [0, 0.05) is 13.1 Å². The molecule has 0 bridgehead atoms. The third kappa shape index (κ3) is 4.00. The molecule has 112 valence electrons. The maximum Gasteiger partial charge on any atom is 0.242 e. The Labute approximate surface area is 118 Å². The maximum atomic E-state index is 13.2. The van der Waals surface area contributed by atoms with E-state index >= 15 is 0 Å². The number of benzene rings is 1. The van der Waals surface area contributed by atoms with Crippen molar-refractivity contribution in [2.45, 2.75) is 45.7 Å². The Kier molecular flexibility index (Phi) is 5.62. The number of nitrogens with two attached hydrogens (primary N) is 1. The first-order chi connectivity index (χ1) is 9.31. The Morgan fingerprint density at radius 1 is 1.30 bits per heavy atom. The summed E-state index contributed by atoms with van der Waals surface area (Å²) >= 11 is 0. The lowest BCUT2D eigenvalue weighted by molar-refractivity contribution is -0.137. The number of carbonyl (C=O) groups is 1. The van der Waals surface area contributed by atoms with E-state index < -0.39 is 17.2 Å². The lowest BCUT2D eigenvalue weighted by atomic mass is 9.95. The molecule has 0 aliphatic rings. The quantitative estimate of drug-likeness (QED) is 0.873. The number of carbonyl (C=O) groups excluding carboxylic acids is 1. The molecule has 0 saturated carbocycles. The van der Waals surface area contributed by atoms with Crippen LogP contribution in [-0.4, -0.2) is 22.9 Å². The van der Waals surface area contributed by atoms with Gasteiger partial charge in [-0.2, -0.15) is 0 Å². The lowest BCUT2D eigenvalue weighted by Crippen LogP contribution is -2.52. The van der Waals surface area contributed by atoms with Crippen LogP contribution in [0.3, 0.4) is 0 Å². The van der Waals surface area contributed by atoms with Crippen molar-refractivity contribution in [3.8, 4) is 0 Å². The molecule has 1 atom stereocenters. The Morgan fingerprint density at radius 3 is 2.45 bits per heavy atom. The van der Waals surface area contributed by atoms with E-state index in [9.17, 15) is 13.6 Å². The van der Waals surface area contributed by atoms with Crippen LogP contribution in [-0.2, 0) is 11.3 Å². The van der Waals surface area contributed by atoms with E-state index in [0.717, 1.165) is 18.6 Å². The van der Waals surface area contributed by atoms with Gasteiger partial charge in [0.2, 0.25) is 5.91 Å². The van der Waals surface area contributed by atoms with Crippen LogP contribution in [0.25, 0.3) is 0 Å². The van der Waals surface area contributed by atoms with Crippen molar-refractivity contribution in [1.29, 1.82) is 0 Å². The number of hydrogen-bond donors (Lipinski definition) is 1. The van der Waals surface area contributed by atoms with E-state index in [1.165, 1.54) is 6.07 Å². The van der Waals surface area contributed by atoms with Crippen molar-refractivity contribution in [3.05, 3.63) is 35.4 Å². The fourth-order valence-corrected chi connectivity index (χ4v) is 2.17. The first-order valence-electron chi connectivity index (χ1n) is 6.84. The molecule has 3 nitrogen and oxygen atoms in total. The zero-order valence-corrected chi connectivity index (χ0v) is 12.2. The minimum atomic E-state index is -0.927. The minimum absolute atomic E-state index is 0.174. The van der Waals surface area contributed by atoms with E-state index in [-0.39, 0.29) is 12.5 Å². The molecule has 5 heteroatoms. The largest absolute Gasteiger partial charge is 0.337 e. The molecule has 0 aliphatic carbocycles.